The average Bonchev–Trinajstić information content (AvgIpc) is 2.78. The molecule has 0 bridgehead atoms. The van der Waals surface area contributed by atoms with E-state index in [0.29, 0.717) is 17.3 Å². The topological polar surface area (TPSA) is 44.8 Å². The van der Waals surface area contributed by atoms with Gasteiger partial charge in [-0.05, 0) is 55.0 Å². The predicted octanol–water partition coefficient (Wildman–Crippen LogP) is 4.09. The molecule has 1 heterocycles. The molecule has 1 saturated heterocycles. The molecule has 1 N–H and O–H groups in total. The van der Waals surface area contributed by atoms with E-state index in [4.69, 9.17) is 17.0 Å². The second kappa shape index (κ2) is 10.8. The van der Waals surface area contributed by atoms with Crippen molar-refractivity contribution in [1.82, 2.24) is 10.2 Å². The number of carbonyl (C=O) groups is 1. The highest BCUT2D eigenvalue weighted by Gasteiger charge is 2.20. The summed E-state index contributed by atoms with van der Waals surface area (Å²) in [5, 5.41) is 3.35. The van der Waals surface area contributed by atoms with Crippen LogP contribution in [0.4, 0.5) is 5.69 Å². The molecule has 1 fully saturated rings. The number of hydrogen-bond donors (Lipinski definition) is 1. The minimum atomic E-state index is -0.182. The van der Waals surface area contributed by atoms with Crippen molar-refractivity contribution in [3.8, 4) is 5.75 Å². The lowest BCUT2D eigenvalue weighted by molar-refractivity contribution is 0.0973. The fourth-order valence-electron chi connectivity index (χ4n) is 3.30. The number of nitrogens with zero attached hydrogens (tertiary/aromatic N) is 2. The predicted molar refractivity (Wildman–Crippen MR) is 122 cm³/mol. The van der Waals surface area contributed by atoms with Crippen LogP contribution in [0.3, 0.4) is 0 Å². The van der Waals surface area contributed by atoms with E-state index in [0.717, 1.165) is 44.8 Å². The molecule has 0 aromatic heterocycles. The van der Waals surface area contributed by atoms with Crippen molar-refractivity contribution in [2.75, 3.05) is 37.7 Å². The SMILES string of the molecule is CCCCCOc1ccc(C(=O)NC(=S)N2CCN(c3ccccc3)CC2)cc1. The van der Waals surface area contributed by atoms with Crippen LogP contribution in [-0.4, -0.2) is 48.7 Å². The van der Waals surface area contributed by atoms with Crippen LogP contribution in [0.25, 0.3) is 0 Å². The third-order valence-corrected chi connectivity index (χ3v) is 5.40. The van der Waals surface area contributed by atoms with Crippen LogP contribution in [-0.2, 0) is 0 Å². The standard InChI is InChI=1S/C23H29N3O2S/c1-2-3-7-18-28-21-12-10-19(11-13-21)22(27)24-23(29)26-16-14-25(15-17-26)20-8-5-4-6-9-20/h4-6,8-13H,2-3,7,14-18H2,1H3,(H,24,27,29). The zero-order chi connectivity index (χ0) is 20.5. The van der Waals surface area contributed by atoms with Crippen molar-refractivity contribution in [3.05, 3.63) is 60.2 Å². The fraction of sp³-hybridized carbons (Fsp3) is 0.391. The van der Waals surface area contributed by atoms with Crippen LogP contribution in [0.15, 0.2) is 54.6 Å². The number of hydrogen-bond acceptors (Lipinski definition) is 4. The van der Waals surface area contributed by atoms with Crippen molar-refractivity contribution in [2.45, 2.75) is 26.2 Å². The maximum absolute atomic E-state index is 12.5. The van der Waals surface area contributed by atoms with Gasteiger partial charge in [0, 0.05) is 37.4 Å². The van der Waals surface area contributed by atoms with E-state index in [2.05, 4.69) is 34.2 Å². The summed E-state index contributed by atoms with van der Waals surface area (Å²) < 4.78 is 5.70. The summed E-state index contributed by atoms with van der Waals surface area (Å²) in [7, 11) is 0. The van der Waals surface area contributed by atoms with Crippen molar-refractivity contribution < 1.29 is 9.53 Å². The Hall–Kier alpha value is -2.60. The first-order chi connectivity index (χ1) is 14.2. The molecule has 5 nitrogen and oxygen atoms in total. The Morgan fingerprint density at radius 1 is 1.00 bits per heavy atom. The molecule has 0 aliphatic carbocycles. The number of para-hydroxylation sites is 1. The van der Waals surface area contributed by atoms with E-state index in [1.165, 1.54) is 12.1 Å². The Balaban J connectivity index is 1.45. The number of rotatable bonds is 7. The Morgan fingerprint density at radius 3 is 2.34 bits per heavy atom. The van der Waals surface area contributed by atoms with Crippen LogP contribution in [0.1, 0.15) is 36.5 Å². The van der Waals surface area contributed by atoms with Gasteiger partial charge < -0.3 is 14.5 Å². The zero-order valence-electron chi connectivity index (χ0n) is 17.0. The summed E-state index contributed by atoms with van der Waals surface area (Å²) >= 11 is 5.46. The molecule has 2 aromatic rings. The Labute approximate surface area is 178 Å². The van der Waals surface area contributed by atoms with Gasteiger partial charge in [0.15, 0.2) is 5.11 Å². The van der Waals surface area contributed by atoms with Gasteiger partial charge in [-0.2, -0.15) is 0 Å². The third-order valence-electron chi connectivity index (χ3n) is 5.04. The van der Waals surface area contributed by atoms with Crippen molar-refractivity contribution in [3.63, 3.8) is 0 Å². The van der Waals surface area contributed by atoms with E-state index in [9.17, 15) is 4.79 Å². The molecule has 1 aliphatic rings. The number of ether oxygens (including phenoxy) is 1. The second-order valence-electron chi connectivity index (χ2n) is 7.15. The lowest BCUT2D eigenvalue weighted by atomic mass is 10.2. The number of thiocarbonyl (C=S) groups is 1. The van der Waals surface area contributed by atoms with Gasteiger partial charge in [-0.15, -0.1) is 0 Å². The first-order valence-corrected chi connectivity index (χ1v) is 10.7. The average molecular weight is 412 g/mol. The number of anilines is 1. The normalized spacial score (nSPS) is 13.8. The molecule has 0 radical (unpaired) electrons. The smallest absolute Gasteiger partial charge is 0.257 e. The van der Waals surface area contributed by atoms with Gasteiger partial charge in [-0.25, -0.2) is 0 Å². The number of amides is 1. The third kappa shape index (κ3) is 6.19. The number of unbranched alkanes of at least 4 members (excludes halogenated alkanes) is 2. The summed E-state index contributed by atoms with van der Waals surface area (Å²) in [6.07, 6.45) is 3.38. The summed E-state index contributed by atoms with van der Waals surface area (Å²) in [6.45, 7) is 6.21. The number of piperazine rings is 1. The van der Waals surface area contributed by atoms with Gasteiger partial charge in [0.2, 0.25) is 0 Å². The highest BCUT2D eigenvalue weighted by molar-refractivity contribution is 7.80. The van der Waals surface area contributed by atoms with E-state index in [1.54, 1.807) is 12.1 Å². The molecule has 6 heteroatoms. The van der Waals surface area contributed by atoms with Gasteiger partial charge >= 0.3 is 0 Å². The van der Waals surface area contributed by atoms with Gasteiger partial charge in [-0.3, -0.25) is 10.1 Å². The zero-order valence-corrected chi connectivity index (χ0v) is 17.8. The molecule has 0 atom stereocenters. The minimum absolute atomic E-state index is 0.182. The monoisotopic (exact) mass is 411 g/mol. The van der Waals surface area contributed by atoms with Crippen LogP contribution >= 0.6 is 12.2 Å². The summed E-state index contributed by atoms with van der Waals surface area (Å²) in [5.74, 6) is 0.607. The molecule has 0 unspecified atom stereocenters. The maximum atomic E-state index is 12.5. The number of benzene rings is 2. The highest BCUT2D eigenvalue weighted by Crippen LogP contribution is 2.16. The lowest BCUT2D eigenvalue weighted by Crippen LogP contribution is -2.52. The van der Waals surface area contributed by atoms with Gasteiger partial charge in [0.1, 0.15) is 5.75 Å². The summed E-state index contributed by atoms with van der Waals surface area (Å²) in [4.78, 5) is 16.9. The van der Waals surface area contributed by atoms with Crippen LogP contribution in [0.2, 0.25) is 0 Å². The maximum Gasteiger partial charge on any atom is 0.257 e. The molecule has 3 rings (SSSR count). The molecule has 0 saturated carbocycles. The molecular weight excluding hydrogens is 382 g/mol. The van der Waals surface area contributed by atoms with Crippen molar-refractivity contribution in [1.29, 1.82) is 0 Å². The summed E-state index contributed by atoms with van der Waals surface area (Å²) in [5.41, 5.74) is 1.80. The first kappa shape index (κ1) is 21.1. The highest BCUT2D eigenvalue weighted by atomic mass is 32.1. The van der Waals surface area contributed by atoms with Crippen LogP contribution < -0.4 is 15.0 Å². The Bertz CT molecular complexity index is 788. The molecule has 2 aromatic carbocycles. The van der Waals surface area contributed by atoms with E-state index >= 15 is 0 Å². The Morgan fingerprint density at radius 2 is 1.69 bits per heavy atom. The largest absolute Gasteiger partial charge is 0.494 e. The van der Waals surface area contributed by atoms with Gasteiger partial charge in [-0.1, -0.05) is 38.0 Å². The van der Waals surface area contributed by atoms with Gasteiger partial charge in [0.05, 0.1) is 6.61 Å². The van der Waals surface area contributed by atoms with E-state index in [-0.39, 0.29) is 5.91 Å². The first-order valence-electron chi connectivity index (χ1n) is 10.3. The quantitative estimate of drug-likeness (QED) is 0.549. The minimum Gasteiger partial charge on any atom is -0.494 e. The van der Waals surface area contributed by atoms with Crippen LogP contribution in [0, 0.1) is 0 Å². The molecular formula is C23H29N3O2S. The second-order valence-corrected chi connectivity index (χ2v) is 7.54. The lowest BCUT2D eigenvalue weighted by Gasteiger charge is -2.37. The summed E-state index contributed by atoms with van der Waals surface area (Å²) in [6, 6.07) is 17.6. The van der Waals surface area contributed by atoms with Crippen LogP contribution in [0.5, 0.6) is 5.75 Å². The number of nitrogens with one attached hydrogen (secondary N) is 1. The fourth-order valence-corrected chi connectivity index (χ4v) is 3.57. The van der Waals surface area contributed by atoms with Crippen molar-refractivity contribution in [2.24, 2.45) is 0 Å². The van der Waals surface area contributed by atoms with E-state index < -0.39 is 0 Å². The number of carbonyl (C=O) groups excluding carboxylic acids is 1. The van der Waals surface area contributed by atoms with Crippen molar-refractivity contribution >= 4 is 28.9 Å². The molecule has 1 aliphatic heterocycles. The van der Waals surface area contributed by atoms with E-state index in [1.807, 2.05) is 30.3 Å². The molecule has 0 spiro atoms. The molecule has 29 heavy (non-hydrogen) atoms. The molecule has 1 amide bonds. The Kier molecular flexibility index (Phi) is 7.87. The van der Waals surface area contributed by atoms with Gasteiger partial charge in [0.25, 0.3) is 5.91 Å². The molecule has 154 valence electrons.